The minimum Gasteiger partial charge on any atom is -0.395 e. The molecule has 1 aliphatic heterocycles. The summed E-state index contributed by atoms with van der Waals surface area (Å²) < 4.78 is 56.8. The molecule has 1 atom stereocenters. The molecular formula is C18H16F4N2O2. The van der Waals surface area contributed by atoms with Gasteiger partial charge < -0.3 is 15.3 Å². The molecule has 3 rings (SSSR count). The minimum atomic E-state index is -4.92. The number of hydrogen-bond donors (Lipinski definition) is 2. The third kappa shape index (κ3) is 2.90. The quantitative estimate of drug-likeness (QED) is 0.815. The van der Waals surface area contributed by atoms with Crippen molar-refractivity contribution in [1.29, 1.82) is 0 Å². The number of β-amino-alcohol motifs (C(OH)–C–C–N with tert-alkyl or cyclic N) is 1. The SMILES string of the molecule is O=C1c2cccc(F)c2CC(Nc2ccccc2)(C(F)(F)F)N1CCO. The molecule has 0 radical (unpaired) electrons. The molecule has 0 bridgehead atoms. The maximum Gasteiger partial charge on any atom is 0.430 e. The van der Waals surface area contributed by atoms with Gasteiger partial charge in [0.1, 0.15) is 5.82 Å². The van der Waals surface area contributed by atoms with E-state index >= 15 is 0 Å². The molecule has 0 aliphatic carbocycles. The normalized spacial score (nSPS) is 20.0. The first kappa shape index (κ1) is 18.2. The van der Waals surface area contributed by atoms with Gasteiger partial charge in [-0.25, -0.2) is 4.39 Å². The molecular weight excluding hydrogens is 352 g/mol. The molecule has 8 heteroatoms. The first-order valence-electron chi connectivity index (χ1n) is 7.90. The van der Waals surface area contributed by atoms with E-state index in [1.807, 2.05) is 0 Å². The summed E-state index contributed by atoms with van der Waals surface area (Å²) in [7, 11) is 0. The second-order valence-electron chi connectivity index (χ2n) is 5.97. The molecule has 1 aliphatic rings. The number of hydrogen-bond acceptors (Lipinski definition) is 3. The molecule has 26 heavy (non-hydrogen) atoms. The molecule has 0 spiro atoms. The Bertz CT molecular complexity index is 811. The Balaban J connectivity index is 2.20. The highest BCUT2D eigenvalue weighted by molar-refractivity contribution is 5.98. The van der Waals surface area contributed by atoms with E-state index < -0.39 is 43.1 Å². The maximum atomic E-state index is 14.2. The number of amides is 1. The summed E-state index contributed by atoms with van der Waals surface area (Å²) in [4.78, 5) is 13.2. The number of anilines is 1. The lowest BCUT2D eigenvalue weighted by atomic mass is 9.87. The van der Waals surface area contributed by atoms with Gasteiger partial charge >= 0.3 is 6.18 Å². The molecule has 4 nitrogen and oxygen atoms in total. The number of halogens is 4. The largest absolute Gasteiger partial charge is 0.430 e. The summed E-state index contributed by atoms with van der Waals surface area (Å²) in [6.45, 7) is -1.21. The number of carbonyl (C=O) groups excluding carboxylic acids is 1. The Hall–Kier alpha value is -2.61. The monoisotopic (exact) mass is 368 g/mol. The van der Waals surface area contributed by atoms with E-state index in [1.54, 1.807) is 18.2 Å². The zero-order valence-corrected chi connectivity index (χ0v) is 13.6. The summed E-state index contributed by atoms with van der Waals surface area (Å²) in [5, 5.41) is 11.6. The Morgan fingerprint density at radius 2 is 1.81 bits per heavy atom. The minimum absolute atomic E-state index is 0.125. The van der Waals surface area contributed by atoms with E-state index in [-0.39, 0.29) is 16.8 Å². The van der Waals surface area contributed by atoms with Crippen molar-refractivity contribution >= 4 is 11.6 Å². The smallest absolute Gasteiger partial charge is 0.395 e. The van der Waals surface area contributed by atoms with Gasteiger partial charge in [0.15, 0.2) is 0 Å². The average Bonchev–Trinajstić information content (AvgIpc) is 2.59. The van der Waals surface area contributed by atoms with Crippen LogP contribution in [0.25, 0.3) is 0 Å². The van der Waals surface area contributed by atoms with Crippen molar-refractivity contribution in [3.05, 3.63) is 65.5 Å². The third-order valence-corrected chi connectivity index (χ3v) is 4.41. The van der Waals surface area contributed by atoms with Crippen LogP contribution in [0.2, 0.25) is 0 Å². The van der Waals surface area contributed by atoms with Crippen molar-refractivity contribution < 1.29 is 27.5 Å². The topological polar surface area (TPSA) is 52.6 Å². The number of aliphatic hydroxyl groups excluding tert-OH is 1. The number of para-hydroxylation sites is 1. The summed E-state index contributed by atoms with van der Waals surface area (Å²) in [6, 6.07) is 11.2. The highest BCUT2D eigenvalue weighted by Crippen LogP contribution is 2.43. The lowest BCUT2D eigenvalue weighted by Gasteiger charge is -2.48. The highest BCUT2D eigenvalue weighted by atomic mass is 19.4. The Morgan fingerprint density at radius 3 is 2.42 bits per heavy atom. The van der Waals surface area contributed by atoms with Gasteiger partial charge in [-0.3, -0.25) is 4.79 Å². The van der Waals surface area contributed by atoms with E-state index in [0.717, 1.165) is 6.07 Å². The van der Waals surface area contributed by atoms with Crippen molar-refractivity contribution in [3.63, 3.8) is 0 Å². The van der Waals surface area contributed by atoms with Gasteiger partial charge in [-0.1, -0.05) is 24.3 Å². The van der Waals surface area contributed by atoms with Crippen LogP contribution in [0.15, 0.2) is 48.5 Å². The van der Waals surface area contributed by atoms with E-state index in [4.69, 9.17) is 0 Å². The average molecular weight is 368 g/mol. The summed E-state index contributed by atoms with van der Waals surface area (Å²) >= 11 is 0. The van der Waals surface area contributed by atoms with Crippen LogP contribution in [0.5, 0.6) is 0 Å². The van der Waals surface area contributed by atoms with Crippen LogP contribution in [0, 0.1) is 5.82 Å². The molecule has 1 heterocycles. The number of alkyl halides is 3. The second kappa shape index (κ2) is 6.60. The van der Waals surface area contributed by atoms with Gasteiger partial charge in [0, 0.05) is 29.8 Å². The maximum absolute atomic E-state index is 14.2. The molecule has 138 valence electrons. The molecule has 1 unspecified atom stereocenters. The summed E-state index contributed by atoms with van der Waals surface area (Å²) in [6.07, 6.45) is -5.73. The van der Waals surface area contributed by atoms with Crippen LogP contribution < -0.4 is 5.32 Å². The molecule has 2 aromatic carbocycles. The van der Waals surface area contributed by atoms with Crippen LogP contribution in [0.1, 0.15) is 15.9 Å². The Morgan fingerprint density at radius 1 is 1.12 bits per heavy atom. The molecule has 2 aromatic rings. The van der Waals surface area contributed by atoms with E-state index in [0.29, 0.717) is 4.90 Å². The van der Waals surface area contributed by atoms with Gasteiger partial charge in [0.05, 0.1) is 6.61 Å². The van der Waals surface area contributed by atoms with Gasteiger partial charge in [0.2, 0.25) is 5.66 Å². The van der Waals surface area contributed by atoms with Crippen molar-refractivity contribution in [3.8, 4) is 0 Å². The van der Waals surface area contributed by atoms with E-state index in [2.05, 4.69) is 5.32 Å². The fraction of sp³-hybridized carbons (Fsp3) is 0.278. The van der Waals surface area contributed by atoms with Crippen LogP contribution in [0.4, 0.5) is 23.2 Å². The molecule has 0 saturated heterocycles. The van der Waals surface area contributed by atoms with E-state index in [9.17, 15) is 27.5 Å². The van der Waals surface area contributed by atoms with Crippen LogP contribution in [-0.4, -0.2) is 40.9 Å². The van der Waals surface area contributed by atoms with Crippen molar-refractivity contribution in [2.45, 2.75) is 18.3 Å². The standard InChI is InChI=1S/C18H16F4N2O2/c19-15-8-4-7-13-14(15)11-17(18(20,21)22,24(9-10-25)16(13)26)23-12-5-2-1-3-6-12/h1-8,23,25H,9-11H2. The zero-order valence-electron chi connectivity index (χ0n) is 13.6. The van der Waals surface area contributed by atoms with Gasteiger partial charge in [-0.05, 0) is 24.3 Å². The fourth-order valence-electron chi connectivity index (χ4n) is 3.20. The molecule has 2 N–H and O–H groups in total. The lowest BCUT2D eigenvalue weighted by molar-refractivity contribution is -0.216. The number of benzene rings is 2. The first-order valence-corrected chi connectivity index (χ1v) is 7.90. The van der Waals surface area contributed by atoms with Gasteiger partial charge in [0.25, 0.3) is 5.91 Å². The van der Waals surface area contributed by atoms with Gasteiger partial charge in [-0.2, -0.15) is 13.2 Å². The lowest BCUT2D eigenvalue weighted by Crippen LogP contribution is -2.69. The second-order valence-corrected chi connectivity index (χ2v) is 5.97. The first-order chi connectivity index (χ1) is 12.3. The van der Waals surface area contributed by atoms with Crippen molar-refractivity contribution in [2.24, 2.45) is 0 Å². The Labute approximate surface area is 147 Å². The summed E-state index contributed by atoms with van der Waals surface area (Å²) in [5.41, 5.74) is -3.18. The molecule has 1 amide bonds. The van der Waals surface area contributed by atoms with Gasteiger partial charge in [-0.15, -0.1) is 0 Å². The number of nitrogens with one attached hydrogen (secondary N) is 1. The predicted octanol–water partition coefficient (Wildman–Crippen LogP) is 3.19. The number of carbonyl (C=O) groups is 1. The summed E-state index contributed by atoms with van der Waals surface area (Å²) in [5.74, 6) is -1.86. The predicted molar refractivity (Wildman–Crippen MR) is 87.1 cm³/mol. The number of nitrogens with zero attached hydrogens (tertiary/aromatic N) is 1. The molecule has 0 fully saturated rings. The number of aliphatic hydroxyl groups is 1. The highest BCUT2D eigenvalue weighted by Gasteiger charge is 2.62. The number of rotatable bonds is 4. The fourth-order valence-corrected chi connectivity index (χ4v) is 3.20. The molecule has 0 saturated carbocycles. The third-order valence-electron chi connectivity index (χ3n) is 4.41. The van der Waals surface area contributed by atoms with Crippen molar-refractivity contribution in [2.75, 3.05) is 18.5 Å². The van der Waals surface area contributed by atoms with E-state index in [1.165, 1.54) is 24.3 Å². The van der Waals surface area contributed by atoms with Crippen molar-refractivity contribution in [1.82, 2.24) is 4.90 Å². The van der Waals surface area contributed by atoms with Crippen LogP contribution >= 0.6 is 0 Å². The Kier molecular flexibility index (Phi) is 4.62. The van der Waals surface area contributed by atoms with Crippen LogP contribution in [0.3, 0.4) is 0 Å². The molecule has 0 aromatic heterocycles. The van der Waals surface area contributed by atoms with Crippen LogP contribution in [-0.2, 0) is 6.42 Å². The zero-order chi connectivity index (χ0) is 18.9. The number of fused-ring (bicyclic) bond motifs is 1.